The normalized spacial score (nSPS) is 18.9. The Morgan fingerprint density at radius 1 is 0.912 bits per heavy atom. The third-order valence-electron chi connectivity index (χ3n) is 6.37. The van der Waals surface area contributed by atoms with Crippen LogP contribution in [0.3, 0.4) is 0 Å². The summed E-state index contributed by atoms with van der Waals surface area (Å²) in [5.41, 5.74) is 1.40. The summed E-state index contributed by atoms with van der Waals surface area (Å²) in [4.78, 5) is 12.5. The Morgan fingerprint density at radius 2 is 1.56 bits per heavy atom. The molecule has 0 N–H and O–H groups in total. The maximum absolute atomic E-state index is 12.5. The van der Waals surface area contributed by atoms with Gasteiger partial charge in [0, 0.05) is 11.5 Å². The van der Waals surface area contributed by atoms with E-state index in [-0.39, 0.29) is 6.29 Å². The Bertz CT molecular complexity index is 838. The van der Waals surface area contributed by atoms with Crippen molar-refractivity contribution < 1.29 is 23.7 Å². The summed E-state index contributed by atoms with van der Waals surface area (Å²) in [7, 11) is 0. The summed E-state index contributed by atoms with van der Waals surface area (Å²) in [5, 5.41) is 0. The van der Waals surface area contributed by atoms with Gasteiger partial charge in [-0.25, -0.2) is 4.79 Å². The number of benzene rings is 2. The third kappa shape index (κ3) is 8.44. The lowest BCUT2D eigenvalue weighted by atomic mass is 10.0. The minimum absolute atomic E-state index is 0.371. The van der Waals surface area contributed by atoms with E-state index in [0.717, 1.165) is 37.4 Å². The van der Waals surface area contributed by atoms with Gasteiger partial charge in [-0.3, -0.25) is 0 Å². The maximum atomic E-state index is 12.5. The predicted molar refractivity (Wildman–Crippen MR) is 134 cm³/mol. The van der Waals surface area contributed by atoms with E-state index in [2.05, 4.69) is 20.8 Å². The second-order valence-electron chi connectivity index (χ2n) is 9.37. The molecule has 0 bridgehead atoms. The number of rotatable bonds is 13. The van der Waals surface area contributed by atoms with E-state index in [1.54, 1.807) is 24.3 Å². The van der Waals surface area contributed by atoms with Gasteiger partial charge in [-0.1, -0.05) is 71.4 Å². The van der Waals surface area contributed by atoms with Crippen LogP contribution in [0.5, 0.6) is 11.5 Å². The van der Waals surface area contributed by atoms with E-state index >= 15 is 0 Å². The molecule has 0 spiro atoms. The number of carbonyl (C=O) groups excluding carboxylic acids is 1. The fourth-order valence-electron chi connectivity index (χ4n) is 3.84. The molecule has 34 heavy (non-hydrogen) atoms. The molecule has 1 aliphatic heterocycles. The van der Waals surface area contributed by atoms with Gasteiger partial charge >= 0.3 is 5.97 Å². The highest BCUT2D eigenvalue weighted by atomic mass is 16.7. The Kier molecular flexibility index (Phi) is 10.9. The van der Waals surface area contributed by atoms with Crippen molar-refractivity contribution in [2.75, 3.05) is 19.8 Å². The van der Waals surface area contributed by atoms with E-state index in [0.29, 0.717) is 29.8 Å². The van der Waals surface area contributed by atoms with Gasteiger partial charge in [0.25, 0.3) is 0 Å². The highest BCUT2D eigenvalue weighted by Crippen LogP contribution is 2.28. The Labute approximate surface area is 204 Å². The topological polar surface area (TPSA) is 54.0 Å². The fraction of sp³-hybridized carbons (Fsp3) is 0.552. The number of carbonyl (C=O) groups is 1. The number of esters is 1. The van der Waals surface area contributed by atoms with Crippen LogP contribution >= 0.6 is 0 Å². The van der Waals surface area contributed by atoms with Gasteiger partial charge < -0.3 is 18.9 Å². The summed E-state index contributed by atoms with van der Waals surface area (Å²) in [6.07, 6.45) is 8.32. The van der Waals surface area contributed by atoms with Crippen LogP contribution in [0, 0.1) is 11.8 Å². The number of ether oxygens (including phenoxy) is 4. The zero-order valence-corrected chi connectivity index (χ0v) is 21.0. The first-order valence-electron chi connectivity index (χ1n) is 12.9. The van der Waals surface area contributed by atoms with Crippen molar-refractivity contribution in [3.8, 4) is 11.5 Å². The summed E-state index contributed by atoms with van der Waals surface area (Å²) in [6.45, 7) is 8.66. The van der Waals surface area contributed by atoms with Gasteiger partial charge in [-0.2, -0.15) is 0 Å². The molecular weight excluding hydrogens is 428 g/mol. The quantitative estimate of drug-likeness (QED) is 0.175. The minimum atomic E-state index is -0.395. The van der Waals surface area contributed by atoms with Crippen LogP contribution in [0.4, 0.5) is 0 Å². The summed E-state index contributed by atoms with van der Waals surface area (Å²) in [5.74, 6) is 1.85. The van der Waals surface area contributed by atoms with Crippen molar-refractivity contribution in [3.63, 3.8) is 0 Å². The maximum Gasteiger partial charge on any atom is 0.343 e. The Morgan fingerprint density at radius 3 is 2.21 bits per heavy atom. The molecule has 2 aromatic rings. The van der Waals surface area contributed by atoms with Crippen molar-refractivity contribution in [2.24, 2.45) is 11.8 Å². The average Bonchev–Trinajstić information content (AvgIpc) is 2.88. The standard InChI is InChI=1S/C29H40O5/c1-4-6-7-8-9-10-23-20-32-29(33-21-23)25-13-11-24(12-14-25)28(30)34-27-17-15-26(16-18-27)31-19-22(3)5-2/h11-18,22-23,29H,4-10,19-21H2,1-3H3. The highest BCUT2D eigenvalue weighted by molar-refractivity contribution is 5.91. The zero-order valence-electron chi connectivity index (χ0n) is 21.0. The lowest BCUT2D eigenvalue weighted by Gasteiger charge is -2.29. The molecule has 5 heteroatoms. The average molecular weight is 469 g/mol. The SMILES string of the molecule is CCCCCCCC1COC(c2ccc(C(=O)Oc3ccc(OCC(C)CC)cc3)cc2)OC1. The van der Waals surface area contributed by atoms with Gasteiger partial charge in [0.15, 0.2) is 6.29 Å². The monoisotopic (exact) mass is 468 g/mol. The van der Waals surface area contributed by atoms with E-state index in [9.17, 15) is 4.79 Å². The molecule has 2 aromatic carbocycles. The van der Waals surface area contributed by atoms with Gasteiger partial charge in [0.2, 0.25) is 0 Å². The van der Waals surface area contributed by atoms with E-state index in [1.165, 1.54) is 32.1 Å². The second kappa shape index (κ2) is 14.1. The molecule has 0 amide bonds. The molecule has 0 saturated carbocycles. The Hall–Kier alpha value is -2.37. The molecule has 186 valence electrons. The number of hydrogen-bond acceptors (Lipinski definition) is 5. The molecule has 1 saturated heterocycles. The fourth-order valence-corrected chi connectivity index (χ4v) is 3.84. The molecule has 5 nitrogen and oxygen atoms in total. The zero-order chi connectivity index (χ0) is 24.2. The first-order chi connectivity index (χ1) is 16.6. The van der Waals surface area contributed by atoms with Crippen LogP contribution in [-0.2, 0) is 9.47 Å². The second-order valence-corrected chi connectivity index (χ2v) is 9.37. The third-order valence-corrected chi connectivity index (χ3v) is 6.37. The van der Waals surface area contributed by atoms with Crippen LogP contribution in [0.25, 0.3) is 0 Å². The molecule has 0 aliphatic carbocycles. The molecule has 1 heterocycles. The van der Waals surface area contributed by atoms with Crippen LogP contribution in [0.2, 0.25) is 0 Å². The lowest BCUT2D eigenvalue weighted by molar-refractivity contribution is -0.206. The largest absolute Gasteiger partial charge is 0.493 e. The molecular formula is C29H40O5. The van der Waals surface area contributed by atoms with Crippen LogP contribution in [0.1, 0.15) is 87.9 Å². The lowest BCUT2D eigenvalue weighted by Crippen LogP contribution is -2.27. The smallest absolute Gasteiger partial charge is 0.343 e. The first kappa shape index (κ1) is 26.2. The van der Waals surface area contributed by atoms with Gasteiger partial charge in [-0.15, -0.1) is 0 Å². The highest BCUT2D eigenvalue weighted by Gasteiger charge is 2.23. The van der Waals surface area contributed by atoms with E-state index < -0.39 is 5.97 Å². The van der Waals surface area contributed by atoms with Crippen LogP contribution in [-0.4, -0.2) is 25.8 Å². The molecule has 0 radical (unpaired) electrons. The first-order valence-corrected chi connectivity index (χ1v) is 12.9. The molecule has 1 unspecified atom stereocenters. The molecule has 1 aliphatic rings. The van der Waals surface area contributed by atoms with Gasteiger partial charge in [0.05, 0.1) is 25.4 Å². The van der Waals surface area contributed by atoms with Crippen molar-refractivity contribution in [2.45, 2.75) is 72.0 Å². The van der Waals surface area contributed by atoms with Crippen LogP contribution in [0.15, 0.2) is 48.5 Å². The van der Waals surface area contributed by atoms with Gasteiger partial charge in [-0.05, 0) is 48.7 Å². The number of hydrogen-bond donors (Lipinski definition) is 0. The summed E-state index contributed by atoms with van der Waals surface area (Å²) < 4.78 is 23.2. The van der Waals surface area contributed by atoms with Gasteiger partial charge in [0.1, 0.15) is 11.5 Å². The summed E-state index contributed by atoms with van der Waals surface area (Å²) in [6, 6.07) is 14.4. The predicted octanol–water partition coefficient (Wildman–Crippen LogP) is 7.35. The van der Waals surface area contributed by atoms with Crippen LogP contribution < -0.4 is 9.47 Å². The molecule has 3 rings (SSSR count). The molecule has 0 aromatic heterocycles. The molecule has 1 atom stereocenters. The minimum Gasteiger partial charge on any atom is -0.493 e. The number of unbranched alkanes of at least 4 members (excludes halogenated alkanes) is 4. The van der Waals surface area contributed by atoms with Crippen molar-refractivity contribution >= 4 is 5.97 Å². The van der Waals surface area contributed by atoms with E-state index in [1.807, 2.05) is 24.3 Å². The van der Waals surface area contributed by atoms with Crippen molar-refractivity contribution in [3.05, 3.63) is 59.7 Å². The Balaban J connectivity index is 1.42. The summed E-state index contributed by atoms with van der Waals surface area (Å²) >= 11 is 0. The van der Waals surface area contributed by atoms with Crippen molar-refractivity contribution in [1.29, 1.82) is 0 Å². The van der Waals surface area contributed by atoms with Crippen molar-refractivity contribution in [1.82, 2.24) is 0 Å². The van der Waals surface area contributed by atoms with E-state index in [4.69, 9.17) is 18.9 Å². The molecule has 1 fully saturated rings.